The summed E-state index contributed by atoms with van der Waals surface area (Å²) in [6.45, 7) is 0. The van der Waals surface area contributed by atoms with E-state index in [4.69, 9.17) is 20.8 Å². The molecule has 0 atom stereocenters. The number of halogens is 1. The van der Waals surface area contributed by atoms with Crippen LogP contribution in [0.15, 0.2) is 77.2 Å². The molecule has 0 aliphatic heterocycles. The maximum Gasteiger partial charge on any atom is 0.230 e. The highest BCUT2D eigenvalue weighted by molar-refractivity contribution is 6.36. The minimum atomic E-state index is -0.513. The second-order valence-electron chi connectivity index (χ2n) is 7.25. The van der Waals surface area contributed by atoms with E-state index in [1.807, 2.05) is 0 Å². The number of rotatable bonds is 4. The van der Waals surface area contributed by atoms with Crippen LogP contribution in [0.3, 0.4) is 0 Å². The lowest BCUT2D eigenvalue weighted by molar-refractivity contribution is 0.0951. The molecule has 5 nitrogen and oxygen atoms in total. The Morgan fingerprint density at radius 2 is 1.44 bits per heavy atom. The molecule has 5 rings (SSSR count). The minimum Gasteiger partial charge on any atom is -0.497 e. The summed E-state index contributed by atoms with van der Waals surface area (Å²) in [7, 11) is 1.54. The zero-order chi connectivity index (χ0) is 22.4. The Kier molecular flexibility index (Phi) is 4.76. The van der Waals surface area contributed by atoms with Gasteiger partial charge < -0.3 is 9.15 Å². The fraction of sp³-hybridized carbons (Fsp3) is 0.0385. The molecule has 1 heterocycles. The molecule has 156 valence electrons. The normalized spacial score (nSPS) is 12.3. The lowest BCUT2D eigenvalue weighted by Gasteiger charge is -2.14. The molecule has 0 spiro atoms. The first-order valence-electron chi connectivity index (χ1n) is 9.80. The van der Waals surface area contributed by atoms with Crippen LogP contribution in [0.4, 0.5) is 0 Å². The van der Waals surface area contributed by atoms with Crippen LogP contribution in [0.2, 0.25) is 5.02 Å². The third-order valence-corrected chi connectivity index (χ3v) is 5.79. The van der Waals surface area contributed by atoms with Crippen molar-refractivity contribution in [2.24, 2.45) is 0 Å². The van der Waals surface area contributed by atoms with E-state index in [9.17, 15) is 14.4 Å². The molecular formula is C26H15ClO5. The first kappa shape index (κ1) is 20.0. The highest BCUT2D eigenvalue weighted by Gasteiger charge is 2.39. The molecule has 0 fully saturated rings. The molecular weight excluding hydrogens is 428 g/mol. The molecule has 3 aromatic carbocycles. The third-order valence-electron chi connectivity index (χ3n) is 5.46. The molecule has 1 aliphatic rings. The molecule has 0 radical (unpaired) electrons. The predicted molar refractivity (Wildman–Crippen MR) is 119 cm³/mol. The monoisotopic (exact) mass is 442 g/mol. The van der Waals surface area contributed by atoms with Crippen molar-refractivity contribution in [2.45, 2.75) is 0 Å². The first-order valence-corrected chi connectivity index (χ1v) is 10.2. The fourth-order valence-electron chi connectivity index (χ4n) is 3.90. The summed E-state index contributed by atoms with van der Waals surface area (Å²) in [6, 6.07) is 19.9. The van der Waals surface area contributed by atoms with Crippen LogP contribution in [0.1, 0.15) is 48.2 Å². The summed E-state index contributed by atoms with van der Waals surface area (Å²) < 4.78 is 11.1. The Morgan fingerprint density at radius 1 is 0.812 bits per heavy atom. The standard InChI is InChI=1S/C26H15ClO5/c1-31-15-12-10-14(11-13-15)20-21-22(28)16-6-2-3-7-17(16)23(29)26(21)32-25(20)24(30)18-8-4-5-9-19(18)27/h2-13H,1H3. The Bertz CT molecular complexity index is 1410. The molecule has 6 heteroatoms. The minimum absolute atomic E-state index is 0.0780. The van der Waals surface area contributed by atoms with E-state index in [2.05, 4.69) is 0 Å². The van der Waals surface area contributed by atoms with Gasteiger partial charge >= 0.3 is 0 Å². The number of carbonyl (C=O) groups is 3. The van der Waals surface area contributed by atoms with Crippen molar-refractivity contribution >= 4 is 29.0 Å². The maximum absolute atomic E-state index is 13.5. The zero-order valence-corrected chi connectivity index (χ0v) is 17.6. The predicted octanol–water partition coefficient (Wildman–Crippen LogP) is 5.62. The lowest BCUT2D eigenvalue weighted by atomic mass is 9.84. The Balaban J connectivity index is 1.79. The molecule has 0 N–H and O–H groups in total. The molecule has 0 unspecified atom stereocenters. The van der Waals surface area contributed by atoms with Gasteiger partial charge in [-0.1, -0.05) is 60.1 Å². The SMILES string of the molecule is COc1ccc(-c2c(C(=O)c3ccccc3Cl)oc3c2C(=O)c2ccccc2C3=O)cc1. The summed E-state index contributed by atoms with van der Waals surface area (Å²) in [4.78, 5) is 40.1. The largest absolute Gasteiger partial charge is 0.497 e. The van der Waals surface area contributed by atoms with Gasteiger partial charge in [0.2, 0.25) is 11.6 Å². The van der Waals surface area contributed by atoms with E-state index >= 15 is 0 Å². The number of ketones is 3. The number of hydrogen-bond acceptors (Lipinski definition) is 5. The lowest BCUT2D eigenvalue weighted by Crippen LogP contribution is -2.19. The summed E-state index contributed by atoms with van der Waals surface area (Å²) >= 11 is 6.25. The van der Waals surface area contributed by atoms with Gasteiger partial charge in [0.05, 0.1) is 17.7 Å². The number of carbonyl (C=O) groups excluding carboxylic acids is 3. The first-order chi connectivity index (χ1) is 15.5. The van der Waals surface area contributed by atoms with Crippen molar-refractivity contribution < 1.29 is 23.5 Å². The van der Waals surface area contributed by atoms with Gasteiger partial charge in [0.15, 0.2) is 17.3 Å². The summed E-state index contributed by atoms with van der Waals surface area (Å²) in [5, 5.41) is 0.244. The van der Waals surface area contributed by atoms with E-state index < -0.39 is 11.6 Å². The van der Waals surface area contributed by atoms with E-state index in [0.717, 1.165) is 0 Å². The van der Waals surface area contributed by atoms with Crippen LogP contribution in [0, 0.1) is 0 Å². The van der Waals surface area contributed by atoms with Crippen LogP contribution in [-0.2, 0) is 0 Å². The molecule has 32 heavy (non-hydrogen) atoms. The maximum atomic E-state index is 13.5. The van der Waals surface area contributed by atoms with Gasteiger partial charge in [-0.15, -0.1) is 0 Å². The smallest absolute Gasteiger partial charge is 0.230 e. The molecule has 1 aromatic heterocycles. The average molecular weight is 443 g/mol. The Labute approximate surface area is 188 Å². The highest BCUT2D eigenvalue weighted by Crippen LogP contribution is 2.40. The van der Waals surface area contributed by atoms with Crippen molar-refractivity contribution in [3.05, 3.63) is 112 Å². The third kappa shape index (κ3) is 2.98. The van der Waals surface area contributed by atoms with Crippen molar-refractivity contribution in [1.82, 2.24) is 0 Å². The number of benzene rings is 3. The number of furan rings is 1. The average Bonchev–Trinajstić information content (AvgIpc) is 3.23. The number of methoxy groups -OCH3 is 1. The Morgan fingerprint density at radius 3 is 2.09 bits per heavy atom. The molecule has 4 aromatic rings. The van der Waals surface area contributed by atoms with Crippen molar-refractivity contribution in [1.29, 1.82) is 0 Å². The van der Waals surface area contributed by atoms with Crippen LogP contribution >= 0.6 is 11.6 Å². The second-order valence-corrected chi connectivity index (χ2v) is 7.66. The fourth-order valence-corrected chi connectivity index (χ4v) is 4.13. The molecule has 0 amide bonds. The van der Waals surface area contributed by atoms with Crippen LogP contribution in [-0.4, -0.2) is 24.5 Å². The topological polar surface area (TPSA) is 73.6 Å². The number of ether oxygens (including phenoxy) is 1. The van der Waals surface area contributed by atoms with Gasteiger partial charge in [-0.3, -0.25) is 14.4 Å². The number of fused-ring (bicyclic) bond motifs is 2. The van der Waals surface area contributed by atoms with Gasteiger partial charge in [-0.25, -0.2) is 0 Å². The van der Waals surface area contributed by atoms with Crippen molar-refractivity contribution in [3.8, 4) is 16.9 Å². The van der Waals surface area contributed by atoms with Gasteiger partial charge in [0.1, 0.15) is 5.75 Å². The summed E-state index contributed by atoms with van der Waals surface area (Å²) in [6.07, 6.45) is 0. The quantitative estimate of drug-likeness (QED) is 0.338. The van der Waals surface area contributed by atoms with Crippen LogP contribution < -0.4 is 4.74 Å². The molecule has 0 saturated heterocycles. The molecule has 0 saturated carbocycles. The molecule has 0 bridgehead atoms. The van der Waals surface area contributed by atoms with Gasteiger partial charge in [0, 0.05) is 22.3 Å². The van der Waals surface area contributed by atoms with E-state index in [1.54, 1.807) is 79.9 Å². The highest BCUT2D eigenvalue weighted by atomic mass is 35.5. The van der Waals surface area contributed by atoms with E-state index in [0.29, 0.717) is 11.3 Å². The van der Waals surface area contributed by atoms with Gasteiger partial charge in [-0.2, -0.15) is 0 Å². The van der Waals surface area contributed by atoms with E-state index in [1.165, 1.54) is 0 Å². The van der Waals surface area contributed by atoms with Crippen molar-refractivity contribution in [2.75, 3.05) is 7.11 Å². The molecule has 1 aliphatic carbocycles. The van der Waals surface area contributed by atoms with E-state index in [-0.39, 0.29) is 50.1 Å². The summed E-state index contributed by atoms with van der Waals surface area (Å²) in [5.41, 5.74) is 1.63. The van der Waals surface area contributed by atoms with Crippen LogP contribution in [0.25, 0.3) is 11.1 Å². The van der Waals surface area contributed by atoms with Crippen LogP contribution in [0.5, 0.6) is 5.75 Å². The van der Waals surface area contributed by atoms with Gasteiger partial charge in [0.25, 0.3) is 0 Å². The second kappa shape index (κ2) is 7.62. The van der Waals surface area contributed by atoms with Crippen molar-refractivity contribution in [3.63, 3.8) is 0 Å². The Hall–Kier alpha value is -3.96. The number of hydrogen-bond donors (Lipinski definition) is 0. The van der Waals surface area contributed by atoms with Gasteiger partial charge in [-0.05, 0) is 29.8 Å². The summed E-state index contributed by atoms with van der Waals surface area (Å²) in [5.74, 6) is -0.970. The zero-order valence-electron chi connectivity index (χ0n) is 16.8.